The van der Waals surface area contributed by atoms with Crippen LogP contribution in [0, 0.1) is 10.1 Å². The van der Waals surface area contributed by atoms with E-state index < -0.39 is 10.9 Å². The van der Waals surface area contributed by atoms with Crippen molar-refractivity contribution in [3.63, 3.8) is 0 Å². The SMILES string of the molecule is Cn1ccc(-c2cc(C(=O)O)cc([N+](=O)[O-])c2)n1. The first-order valence-electron chi connectivity index (χ1n) is 5.00. The van der Waals surface area contributed by atoms with E-state index in [-0.39, 0.29) is 11.3 Å². The molecule has 0 aliphatic rings. The van der Waals surface area contributed by atoms with E-state index >= 15 is 0 Å². The van der Waals surface area contributed by atoms with Crippen molar-refractivity contribution in [2.24, 2.45) is 7.05 Å². The Balaban J connectivity index is 2.60. The van der Waals surface area contributed by atoms with Crippen molar-refractivity contribution in [1.29, 1.82) is 0 Å². The standard InChI is InChI=1S/C11H9N3O4/c1-13-3-2-10(12-13)7-4-8(11(15)16)6-9(5-7)14(17)18/h2-6H,1H3,(H,15,16). The summed E-state index contributed by atoms with van der Waals surface area (Å²) in [6.07, 6.45) is 1.68. The second-order valence-corrected chi connectivity index (χ2v) is 3.71. The van der Waals surface area contributed by atoms with Gasteiger partial charge in [-0.15, -0.1) is 0 Å². The van der Waals surface area contributed by atoms with Crippen LogP contribution in [-0.2, 0) is 7.05 Å². The fourth-order valence-corrected chi connectivity index (χ4v) is 1.56. The maximum atomic E-state index is 10.9. The number of carboxylic acids is 1. The molecular formula is C11H9N3O4. The van der Waals surface area contributed by atoms with Crippen LogP contribution in [0.3, 0.4) is 0 Å². The summed E-state index contributed by atoms with van der Waals surface area (Å²) in [5, 5.41) is 23.8. The number of hydrogen-bond acceptors (Lipinski definition) is 4. The van der Waals surface area contributed by atoms with Gasteiger partial charge in [0.05, 0.1) is 16.2 Å². The van der Waals surface area contributed by atoms with Gasteiger partial charge in [-0.05, 0) is 12.1 Å². The lowest BCUT2D eigenvalue weighted by atomic mass is 10.1. The first-order chi connectivity index (χ1) is 8.47. The number of carboxylic acid groups (broad SMARTS) is 1. The van der Waals surface area contributed by atoms with E-state index in [0.717, 1.165) is 6.07 Å². The van der Waals surface area contributed by atoms with E-state index in [1.807, 2.05) is 0 Å². The molecule has 0 radical (unpaired) electrons. The zero-order chi connectivity index (χ0) is 13.3. The van der Waals surface area contributed by atoms with Crippen molar-refractivity contribution in [2.75, 3.05) is 0 Å². The predicted molar refractivity (Wildman–Crippen MR) is 62.3 cm³/mol. The maximum Gasteiger partial charge on any atom is 0.335 e. The fourth-order valence-electron chi connectivity index (χ4n) is 1.56. The van der Waals surface area contributed by atoms with Crippen molar-refractivity contribution in [3.8, 4) is 11.3 Å². The molecule has 1 aromatic carbocycles. The minimum atomic E-state index is -1.21. The Bertz CT molecular complexity index is 601. The van der Waals surface area contributed by atoms with Gasteiger partial charge in [0.1, 0.15) is 0 Å². The van der Waals surface area contributed by atoms with Crippen LogP contribution in [0.5, 0.6) is 0 Å². The summed E-state index contributed by atoms with van der Waals surface area (Å²) in [6.45, 7) is 0. The molecule has 0 unspecified atom stereocenters. The molecule has 7 nitrogen and oxygen atoms in total. The lowest BCUT2D eigenvalue weighted by Gasteiger charge is -2.00. The second kappa shape index (κ2) is 4.28. The smallest absolute Gasteiger partial charge is 0.335 e. The summed E-state index contributed by atoms with van der Waals surface area (Å²) in [5.74, 6) is -1.21. The Kier molecular flexibility index (Phi) is 2.80. The van der Waals surface area contributed by atoms with Gasteiger partial charge in [-0.2, -0.15) is 5.10 Å². The Morgan fingerprint density at radius 1 is 1.44 bits per heavy atom. The van der Waals surface area contributed by atoms with Gasteiger partial charge in [-0.1, -0.05) is 0 Å². The van der Waals surface area contributed by atoms with Crippen LogP contribution in [0.4, 0.5) is 5.69 Å². The number of nitrogens with zero attached hydrogens (tertiary/aromatic N) is 3. The van der Waals surface area contributed by atoms with Gasteiger partial charge >= 0.3 is 5.97 Å². The Morgan fingerprint density at radius 3 is 2.67 bits per heavy atom. The fraction of sp³-hybridized carbons (Fsp3) is 0.0909. The summed E-state index contributed by atoms with van der Waals surface area (Å²) < 4.78 is 1.54. The quantitative estimate of drug-likeness (QED) is 0.657. The van der Waals surface area contributed by atoms with E-state index in [4.69, 9.17) is 5.11 Å². The summed E-state index contributed by atoms with van der Waals surface area (Å²) >= 11 is 0. The Hall–Kier alpha value is -2.70. The molecule has 0 atom stereocenters. The van der Waals surface area contributed by atoms with Crippen molar-refractivity contribution < 1.29 is 14.8 Å². The summed E-state index contributed by atoms with van der Waals surface area (Å²) in [4.78, 5) is 21.0. The highest BCUT2D eigenvalue weighted by Gasteiger charge is 2.15. The van der Waals surface area contributed by atoms with Crippen LogP contribution < -0.4 is 0 Å². The highest BCUT2D eigenvalue weighted by Crippen LogP contribution is 2.24. The van der Waals surface area contributed by atoms with Gasteiger partial charge in [0.2, 0.25) is 0 Å². The molecule has 7 heteroatoms. The van der Waals surface area contributed by atoms with Crippen LogP contribution in [-0.4, -0.2) is 25.8 Å². The van der Waals surface area contributed by atoms with Gasteiger partial charge < -0.3 is 5.11 Å². The highest BCUT2D eigenvalue weighted by molar-refractivity contribution is 5.90. The normalized spacial score (nSPS) is 10.3. The Labute approximate surface area is 101 Å². The number of benzene rings is 1. The molecule has 0 bridgehead atoms. The third-order valence-corrected chi connectivity index (χ3v) is 2.38. The number of nitro groups is 1. The summed E-state index contributed by atoms with van der Waals surface area (Å²) in [7, 11) is 1.71. The summed E-state index contributed by atoms with van der Waals surface area (Å²) in [5.41, 5.74) is 0.492. The highest BCUT2D eigenvalue weighted by atomic mass is 16.6. The van der Waals surface area contributed by atoms with Gasteiger partial charge in [0, 0.05) is 30.9 Å². The van der Waals surface area contributed by atoms with E-state index in [1.54, 1.807) is 19.3 Å². The van der Waals surface area contributed by atoms with E-state index in [0.29, 0.717) is 11.3 Å². The van der Waals surface area contributed by atoms with Crippen LogP contribution in [0.2, 0.25) is 0 Å². The first-order valence-corrected chi connectivity index (χ1v) is 5.00. The number of aromatic nitrogens is 2. The zero-order valence-electron chi connectivity index (χ0n) is 9.40. The van der Waals surface area contributed by atoms with E-state index in [2.05, 4.69) is 5.10 Å². The lowest BCUT2D eigenvalue weighted by Crippen LogP contribution is -1.99. The predicted octanol–water partition coefficient (Wildman–Crippen LogP) is 1.69. The molecule has 0 aliphatic heterocycles. The molecule has 0 fully saturated rings. The van der Waals surface area contributed by atoms with Crippen LogP contribution in [0.1, 0.15) is 10.4 Å². The van der Waals surface area contributed by atoms with Gasteiger partial charge in [0.15, 0.2) is 0 Å². The third kappa shape index (κ3) is 2.19. The molecule has 0 saturated heterocycles. The lowest BCUT2D eigenvalue weighted by molar-refractivity contribution is -0.384. The van der Waals surface area contributed by atoms with E-state index in [1.165, 1.54) is 16.8 Å². The maximum absolute atomic E-state index is 10.9. The van der Waals surface area contributed by atoms with Crippen molar-refractivity contribution >= 4 is 11.7 Å². The number of non-ortho nitro benzene ring substituents is 1. The second-order valence-electron chi connectivity index (χ2n) is 3.71. The molecule has 1 heterocycles. The number of hydrogen-bond donors (Lipinski definition) is 1. The number of nitro benzene ring substituents is 1. The number of carbonyl (C=O) groups is 1. The van der Waals surface area contributed by atoms with Gasteiger partial charge in [0.25, 0.3) is 5.69 Å². The molecule has 0 amide bonds. The zero-order valence-corrected chi connectivity index (χ0v) is 9.40. The van der Waals surface area contributed by atoms with Gasteiger partial charge in [-0.3, -0.25) is 14.8 Å². The monoisotopic (exact) mass is 247 g/mol. The number of aromatic carboxylic acids is 1. The van der Waals surface area contributed by atoms with Gasteiger partial charge in [-0.25, -0.2) is 4.79 Å². The molecule has 2 aromatic rings. The van der Waals surface area contributed by atoms with Crippen molar-refractivity contribution in [1.82, 2.24) is 9.78 Å². The molecule has 0 spiro atoms. The molecule has 1 aromatic heterocycles. The molecule has 18 heavy (non-hydrogen) atoms. The average molecular weight is 247 g/mol. The first kappa shape index (κ1) is 11.8. The minimum Gasteiger partial charge on any atom is -0.478 e. The molecule has 0 aliphatic carbocycles. The average Bonchev–Trinajstić information content (AvgIpc) is 2.75. The molecular weight excluding hydrogens is 238 g/mol. The number of rotatable bonds is 3. The van der Waals surface area contributed by atoms with Crippen LogP contribution in [0.15, 0.2) is 30.5 Å². The van der Waals surface area contributed by atoms with Crippen molar-refractivity contribution in [2.45, 2.75) is 0 Å². The molecule has 1 N–H and O–H groups in total. The van der Waals surface area contributed by atoms with Crippen LogP contribution >= 0.6 is 0 Å². The number of aryl methyl sites for hydroxylation is 1. The molecule has 0 saturated carbocycles. The molecule has 2 rings (SSSR count). The third-order valence-electron chi connectivity index (χ3n) is 2.38. The topological polar surface area (TPSA) is 98.3 Å². The largest absolute Gasteiger partial charge is 0.478 e. The molecule has 92 valence electrons. The van der Waals surface area contributed by atoms with Crippen molar-refractivity contribution in [3.05, 3.63) is 46.1 Å². The minimum absolute atomic E-state index is 0.134. The summed E-state index contributed by atoms with van der Waals surface area (Å²) in [6, 6.07) is 5.34. The van der Waals surface area contributed by atoms with Crippen LogP contribution in [0.25, 0.3) is 11.3 Å². The van der Waals surface area contributed by atoms with E-state index in [9.17, 15) is 14.9 Å². The Morgan fingerprint density at radius 2 is 2.17 bits per heavy atom.